The molecule has 1 N–H and O–H groups in total. The lowest BCUT2D eigenvalue weighted by Gasteiger charge is -2.32. The molecule has 0 spiro atoms. The van der Waals surface area contributed by atoms with Crippen molar-refractivity contribution in [3.8, 4) is 5.75 Å². The Morgan fingerprint density at radius 1 is 1.04 bits per heavy atom. The Kier molecular flexibility index (Phi) is 6.92. The average molecular weight is 358 g/mol. The molecule has 0 aromatic heterocycles. The molecule has 142 valence electrons. The maximum absolute atomic E-state index is 12.3. The van der Waals surface area contributed by atoms with Crippen molar-refractivity contribution in [2.24, 2.45) is 11.8 Å². The molecule has 5 nitrogen and oxygen atoms in total. The van der Waals surface area contributed by atoms with Gasteiger partial charge >= 0.3 is 0 Å². The summed E-state index contributed by atoms with van der Waals surface area (Å²) < 4.78 is 5.83. The van der Waals surface area contributed by atoms with Crippen LogP contribution in [0.4, 0.5) is 0 Å². The second kappa shape index (κ2) is 9.60. The van der Waals surface area contributed by atoms with Gasteiger partial charge in [-0.05, 0) is 43.7 Å². The summed E-state index contributed by atoms with van der Waals surface area (Å²) in [5, 5.41) is 2.94. The standard InChI is InChI=1S/C21H30N2O3/c24-20(10-13-22-21(25)18-6-4-5-7-18)23-14-11-17(12-15-23)16-26-19-8-2-1-3-9-19/h1-3,8-9,17-18H,4-7,10-16H2,(H,22,25). The maximum atomic E-state index is 12.3. The van der Waals surface area contributed by atoms with E-state index in [9.17, 15) is 9.59 Å². The molecule has 2 aliphatic rings. The van der Waals surface area contributed by atoms with Crippen LogP contribution >= 0.6 is 0 Å². The lowest BCUT2D eigenvalue weighted by molar-refractivity contribution is -0.132. The lowest BCUT2D eigenvalue weighted by Crippen LogP contribution is -2.41. The smallest absolute Gasteiger partial charge is 0.224 e. The number of carbonyl (C=O) groups excluding carboxylic acids is 2. The molecule has 1 aliphatic heterocycles. The first-order chi connectivity index (χ1) is 12.7. The largest absolute Gasteiger partial charge is 0.493 e. The Labute approximate surface area is 156 Å². The van der Waals surface area contributed by atoms with Crippen LogP contribution < -0.4 is 10.1 Å². The van der Waals surface area contributed by atoms with E-state index >= 15 is 0 Å². The first-order valence-corrected chi connectivity index (χ1v) is 9.95. The normalized spacial score (nSPS) is 18.7. The minimum atomic E-state index is 0.132. The fraction of sp³-hybridized carbons (Fsp3) is 0.619. The van der Waals surface area contributed by atoms with Crippen LogP contribution in [0, 0.1) is 11.8 Å². The van der Waals surface area contributed by atoms with E-state index < -0.39 is 0 Å². The van der Waals surface area contributed by atoms with Gasteiger partial charge in [-0.3, -0.25) is 9.59 Å². The predicted molar refractivity (Wildman–Crippen MR) is 101 cm³/mol. The number of benzene rings is 1. The molecule has 5 heteroatoms. The monoisotopic (exact) mass is 358 g/mol. The number of amides is 2. The van der Waals surface area contributed by atoms with Gasteiger partial charge in [0.05, 0.1) is 6.61 Å². The summed E-state index contributed by atoms with van der Waals surface area (Å²) in [6, 6.07) is 9.87. The van der Waals surface area contributed by atoms with Crippen molar-refractivity contribution in [2.75, 3.05) is 26.2 Å². The van der Waals surface area contributed by atoms with Crippen LogP contribution in [-0.4, -0.2) is 43.0 Å². The first-order valence-electron chi connectivity index (χ1n) is 9.95. The Morgan fingerprint density at radius 2 is 1.73 bits per heavy atom. The number of nitrogens with one attached hydrogen (secondary N) is 1. The van der Waals surface area contributed by atoms with Gasteiger partial charge in [0.25, 0.3) is 0 Å². The molecule has 0 radical (unpaired) electrons. The van der Waals surface area contributed by atoms with E-state index in [0.29, 0.717) is 25.5 Å². The number of piperidine rings is 1. The van der Waals surface area contributed by atoms with E-state index in [1.165, 1.54) is 0 Å². The molecule has 0 unspecified atom stereocenters. The molecule has 2 amide bonds. The molecule has 1 saturated heterocycles. The summed E-state index contributed by atoms with van der Waals surface area (Å²) in [5.41, 5.74) is 0. The molecule has 2 fully saturated rings. The number of ether oxygens (including phenoxy) is 1. The van der Waals surface area contributed by atoms with Crippen LogP contribution in [0.5, 0.6) is 5.75 Å². The quantitative estimate of drug-likeness (QED) is 0.815. The zero-order valence-corrected chi connectivity index (χ0v) is 15.5. The highest BCUT2D eigenvalue weighted by Crippen LogP contribution is 2.24. The summed E-state index contributed by atoms with van der Waals surface area (Å²) in [5.74, 6) is 1.86. The van der Waals surface area contributed by atoms with Crippen LogP contribution in [0.1, 0.15) is 44.9 Å². The summed E-state index contributed by atoms with van der Waals surface area (Å²) in [6.07, 6.45) is 6.67. The number of likely N-dealkylation sites (tertiary alicyclic amines) is 1. The van der Waals surface area contributed by atoms with Gasteiger partial charge in [0.15, 0.2) is 0 Å². The Morgan fingerprint density at radius 3 is 2.42 bits per heavy atom. The lowest BCUT2D eigenvalue weighted by atomic mass is 9.97. The minimum Gasteiger partial charge on any atom is -0.493 e. The molecular formula is C21H30N2O3. The second-order valence-electron chi connectivity index (χ2n) is 7.47. The van der Waals surface area contributed by atoms with Gasteiger partial charge in [-0.1, -0.05) is 31.0 Å². The topological polar surface area (TPSA) is 58.6 Å². The van der Waals surface area contributed by atoms with Gasteiger partial charge in [0.1, 0.15) is 5.75 Å². The van der Waals surface area contributed by atoms with E-state index in [1.807, 2.05) is 35.2 Å². The van der Waals surface area contributed by atoms with Crippen molar-refractivity contribution in [1.29, 1.82) is 0 Å². The van der Waals surface area contributed by atoms with Gasteiger partial charge in [-0.15, -0.1) is 0 Å². The molecule has 0 atom stereocenters. The molecule has 1 aliphatic carbocycles. The summed E-state index contributed by atoms with van der Waals surface area (Å²) in [4.78, 5) is 26.2. The Bertz CT molecular complexity index is 576. The summed E-state index contributed by atoms with van der Waals surface area (Å²) >= 11 is 0. The zero-order chi connectivity index (χ0) is 18.2. The zero-order valence-electron chi connectivity index (χ0n) is 15.5. The molecule has 0 bridgehead atoms. The van der Waals surface area contributed by atoms with E-state index in [4.69, 9.17) is 4.74 Å². The average Bonchev–Trinajstić information content (AvgIpc) is 3.22. The number of para-hydroxylation sites is 1. The van der Waals surface area contributed by atoms with Crippen LogP contribution in [0.2, 0.25) is 0 Å². The van der Waals surface area contributed by atoms with Crippen LogP contribution in [0.3, 0.4) is 0 Å². The van der Waals surface area contributed by atoms with Gasteiger partial charge in [-0.2, -0.15) is 0 Å². The molecule has 1 saturated carbocycles. The van der Waals surface area contributed by atoms with E-state index in [-0.39, 0.29) is 17.7 Å². The van der Waals surface area contributed by atoms with Crippen molar-refractivity contribution in [1.82, 2.24) is 10.2 Å². The number of rotatable bonds is 7. The summed E-state index contributed by atoms with van der Waals surface area (Å²) in [7, 11) is 0. The van der Waals surface area contributed by atoms with Crippen molar-refractivity contribution in [3.05, 3.63) is 30.3 Å². The van der Waals surface area contributed by atoms with Crippen LogP contribution in [0.15, 0.2) is 30.3 Å². The third-order valence-corrected chi connectivity index (χ3v) is 5.56. The molecule has 1 heterocycles. The molecule has 1 aromatic carbocycles. The Hall–Kier alpha value is -2.04. The molecular weight excluding hydrogens is 328 g/mol. The third kappa shape index (κ3) is 5.48. The Balaban J connectivity index is 1.30. The van der Waals surface area contributed by atoms with Gasteiger partial charge < -0.3 is 15.0 Å². The molecule has 1 aromatic rings. The van der Waals surface area contributed by atoms with Crippen LogP contribution in [-0.2, 0) is 9.59 Å². The fourth-order valence-corrected chi connectivity index (χ4v) is 3.86. The summed E-state index contributed by atoms with van der Waals surface area (Å²) in [6.45, 7) is 2.76. The highest BCUT2D eigenvalue weighted by Gasteiger charge is 2.24. The molecule has 3 rings (SSSR count). The van der Waals surface area contributed by atoms with Gasteiger partial charge in [0.2, 0.25) is 11.8 Å². The number of nitrogens with zero attached hydrogens (tertiary/aromatic N) is 1. The van der Waals surface area contributed by atoms with E-state index in [1.54, 1.807) is 0 Å². The third-order valence-electron chi connectivity index (χ3n) is 5.56. The van der Waals surface area contributed by atoms with Crippen molar-refractivity contribution < 1.29 is 14.3 Å². The fourth-order valence-electron chi connectivity index (χ4n) is 3.86. The van der Waals surface area contributed by atoms with Crippen molar-refractivity contribution >= 4 is 11.8 Å². The molecule has 26 heavy (non-hydrogen) atoms. The van der Waals surface area contributed by atoms with E-state index in [0.717, 1.165) is 57.4 Å². The number of carbonyl (C=O) groups is 2. The van der Waals surface area contributed by atoms with Crippen molar-refractivity contribution in [2.45, 2.75) is 44.9 Å². The first kappa shape index (κ1) is 18.7. The number of hydrogen-bond acceptors (Lipinski definition) is 3. The van der Waals surface area contributed by atoms with Crippen molar-refractivity contribution in [3.63, 3.8) is 0 Å². The highest BCUT2D eigenvalue weighted by atomic mass is 16.5. The SMILES string of the molecule is O=C(NCCC(=O)N1CCC(COc2ccccc2)CC1)C1CCCC1. The number of hydrogen-bond donors (Lipinski definition) is 1. The maximum Gasteiger partial charge on any atom is 0.224 e. The highest BCUT2D eigenvalue weighted by molar-refractivity contribution is 5.80. The predicted octanol–water partition coefficient (Wildman–Crippen LogP) is 3.00. The van der Waals surface area contributed by atoms with E-state index in [2.05, 4.69) is 5.32 Å². The minimum absolute atomic E-state index is 0.132. The second-order valence-corrected chi connectivity index (χ2v) is 7.47. The van der Waals surface area contributed by atoms with Gasteiger partial charge in [-0.25, -0.2) is 0 Å². The van der Waals surface area contributed by atoms with Gasteiger partial charge in [0, 0.05) is 32.0 Å². The van der Waals surface area contributed by atoms with Crippen LogP contribution in [0.25, 0.3) is 0 Å².